The van der Waals surface area contributed by atoms with Crippen LogP contribution in [0, 0.1) is 0 Å². The molecule has 1 aromatic heterocycles. The molecule has 0 atom stereocenters. The molecule has 0 radical (unpaired) electrons. The number of carbonyl (C=O) groups excluding carboxylic acids is 1. The third-order valence-electron chi connectivity index (χ3n) is 3.48. The van der Waals surface area contributed by atoms with Crippen LogP contribution in [-0.4, -0.2) is 17.0 Å². The van der Waals surface area contributed by atoms with E-state index in [4.69, 9.17) is 4.74 Å². The number of benzene rings is 2. The quantitative estimate of drug-likeness (QED) is 0.771. The summed E-state index contributed by atoms with van der Waals surface area (Å²) in [4.78, 5) is 27.0. The fraction of sp³-hybridized carbons (Fsp3) is 0.158. The summed E-state index contributed by atoms with van der Waals surface area (Å²) in [7, 11) is 0. The van der Waals surface area contributed by atoms with Gasteiger partial charge in [-0.15, -0.1) is 0 Å². The number of hydrogen-bond donors (Lipinski definition) is 2. The predicted octanol–water partition coefficient (Wildman–Crippen LogP) is 3.57. The van der Waals surface area contributed by atoms with Crippen molar-refractivity contribution in [1.82, 2.24) is 4.98 Å². The number of anilines is 1. The number of rotatable bonds is 4. The number of nitrogens with one attached hydrogen (secondary N) is 2. The molecule has 1 heterocycles. The Morgan fingerprint density at radius 3 is 2.50 bits per heavy atom. The normalized spacial score (nSPS) is 10.8. The number of ether oxygens (including phenoxy) is 1. The Bertz CT molecular complexity index is 927. The number of pyridine rings is 1. The van der Waals surface area contributed by atoms with Gasteiger partial charge in [-0.1, -0.05) is 18.2 Å². The van der Waals surface area contributed by atoms with Crippen LogP contribution in [0.4, 0.5) is 5.69 Å². The maximum Gasteiger partial charge on any atom is 0.256 e. The minimum Gasteiger partial charge on any atom is -0.491 e. The van der Waals surface area contributed by atoms with Gasteiger partial charge in [0.2, 0.25) is 5.56 Å². The van der Waals surface area contributed by atoms with Gasteiger partial charge in [0.15, 0.2) is 0 Å². The van der Waals surface area contributed by atoms with E-state index < -0.39 is 0 Å². The summed E-state index contributed by atoms with van der Waals surface area (Å²) in [5.74, 6) is 0.416. The second-order valence-corrected chi connectivity index (χ2v) is 5.74. The third-order valence-corrected chi connectivity index (χ3v) is 3.48. The lowest BCUT2D eigenvalue weighted by Crippen LogP contribution is -2.16. The van der Waals surface area contributed by atoms with E-state index in [9.17, 15) is 9.59 Å². The molecule has 5 nitrogen and oxygen atoms in total. The van der Waals surface area contributed by atoms with Crippen LogP contribution in [0.3, 0.4) is 0 Å². The van der Waals surface area contributed by atoms with Gasteiger partial charge >= 0.3 is 0 Å². The molecule has 0 saturated carbocycles. The molecule has 0 aliphatic rings. The highest BCUT2D eigenvalue weighted by molar-refractivity contribution is 6.12. The summed E-state index contributed by atoms with van der Waals surface area (Å²) < 4.78 is 5.57. The Hall–Kier alpha value is -3.08. The summed E-state index contributed by atoms with van der Waals surface area (Å²) in [6, 6.07) is 15.7. The number of aromatic nitrogens is 1. The van der Waals surface area contributed by atoms with Gasteiger partial charge in [-0.25, -0.2) is 0 Å². The number of amides is 1. The summed E-state index contributed by atoms with van der Waals surface area (Å²) in [5.41, 5.74) is 1.31. The van der Waals surface area contributed by atoms with E-state index >= 15 is 0 Å². The molecule has 0 aliphatic heterocycles. The molecule has 5 heteroatoms. The predicted molar refractivity (Wildman–Crippen MR) is 94.7 cm³/mol. The highest BCUT2D eigenvalue weighted by Gasteiger charge is 2.12. The van der Waals surface area contributed by atoms with Gasteiger partial charge in [0, 0.05) is 22.7 Å². The summed E-state index contributed by atoms with van der Waals surface area (Å²) in [5, 5.41) is 3.51. The van der Waals surface area contributed by atoms with Gasteiger partial charge in [-0.2, -0.15) is 0 Å². The van der Waals surface area contributed by atoms with E-state index in [1.807, 2.05) is 26.0 Å². The fourth-order valence-electron chi connectivity index (χ4n) is 2.48. The first-order valence-corrected chi connectivity index (χ1v) is 7.73. The zero-order chi connectivity index (χ0) is 17.1. The van der Waals surface area contributed by atoms with Gasteiger partial charge in [-0.3, -0.25) is 9.59 Å². The van der Waals surface area contributed by atoms with Crippen molar-refractivity contribution in [2.75, 3.05) is 5.32 Å². The molecule has 24 heavy (non-hydrogen) atoms. The lowest BCUT2D eigenvalue weighted by molar-refractivity contribution is 0.102. The highest BCUT2D eigenvalue weighted by atomic mass is 16.5. The van der Waals surface area contributed by atoms with Crippen LogP contribution in [0.15, 0.2) is 59.4 Å². The average Bonchev–Trinajstić information content (AvgIpc) is 2.55. The van der Waals surface area contributed by atoms with Crippen LogP contribution in [-0.2, 0) is 0 Å². The maximum atomic E-state index is 12.5. The van der Waals surface area contributed by atoms with Crippen LogP contribution in [0.25, 0.3) is 10.9 Å². The van der Waals surface area contributed by atoms with Crippen molar-refractivity contribution in [3.63, 3.8) is 0 Å². The largest absolute Gasteiger partial charge is 0.491 e. The first kappa shape index (κ1) is 15.8. The highest BCUT2D eigenvalue weighted by Crippen LogP contribution is 2.19. The van der Waals surface area contributed by atoms with Crippen molar-refractivity contribution in [2.24, 2.45) is 0 Å². The second-order valence-electron chi connectivity index (χ2n) is 5.74. The maximum absolute atomic E-state index is 12.5. The first-order chi connectivity index (χ1) is 11.5. The average molecular weight is 322 g/mol. The van der Waals surface area contributed by atoms with E-state index in [0.717, 1.165) is 5.75 Å². The lowest BCUT2D eigenvalue weighted by Gasteiger charge is -2.11. The van der Waals surface area contributed by atoms with Gasteiger partial charge in [-0.05, 0) is 44.2 Å². The van der Waals surface area contributed by atoms with E-state index in [0.29, 0.717) is 22.2 Å². The number of para-hydroxylation sites is 1. The molecule has 3 rings (SSSR count). The van der Waals surface area contributed by atoms with Crippen molar-refractivity contribution in [3.8, 4) is 5.75 Å². The van der Waals surface area contributed by atoms with Gasteiger partial charge in [0.1, 0.15) is 5.75 Å². The van der Waals surface area contributed by atoms with Crippen molar-refractivity contribution < 1.29 is 9.53 Å². The van der Waals surface area contributed by atoms with Crippen LogP contribution in [0.1, 0.15) is 24.2 Å². The SMILES string of the molecule is CC(C)Oc1ccc(NC(=O)c2cc(=O)[nH]c3ccccc23)cc1. The van der Waals surface area contributed by atoms with E-state index in [-0.39, 0.29) is 17.6 Å². The van der Waals surface area contributed by atoms with Crippen molar-refractivity contribution in [1.29, 1.82) is 0 Å². The van der Waals surface area contributed by atoms with Crippen molar-refractivity contribution in [3.05, 3.63) is 70.5 Å². The van der Waals surface area contributed by atoms with E-state index in [2.05, 4.69) is 10.3 Å². The van der Waals surface area contributed by atoms with E-state index in [1.54, 1.807) is 36.4 Å². The second kappa shape index (κ2) is 6.58. The lowest BCUT2D eigenvalue weighted by atomic mass is 10.1. The minimum absolute atomic E-state index is 0.0906. The zero-order valence-electron chi connectivity index (χ0n) is 13.5. The molecule has 2 aromatic carbocycles. The molecule has 0 aliphatic carbocycles. The summed E-state index contributed by atoms with van der Waals surface area (Å²) >= 11 is 0. The fourth-order valence-corrected chi connectivity index (χ4v) is 2.48. The van der Waals surface area contributed by atoms with E-state index in [1.165, 1.54) is 6.07 Å². The summed E-state index contributed by atoms with van der Waals surface area (Å²) in [6.45, 7) is 3.90. The van der Waals surface area contributed by atoms with Crippen LogP contribution >= 0.6 is 0 Å². The minimum atomic E-state index is -0.324. The Morgan fingerprint density at radius 2 is 1.79 bits per heavy atom. The molecular weight excluding hydrogens is 304 g/mol. The van der Waals surface area contributed by atoms with Crippen molar-refractivity contribution in [2.45, 2.75) is 20.0 Å². The first-order valence-electron chi connectivity index (χ1n) is 7.73. The Kier molecular flexibility index (Phi) is 4.33. The van der Waals surface area contributed by atoms with Crippen molar-refractivity contribution >= 4 is 22.5 Å². The Morgan fingerprint density at radius 1 is 1.08 bits per heavy atom. The monoisotopic (exact) mass is 322 g/mol. The third kappa shape index (κ3) is 3.46. The number of H-pyrrole nitrogens is 1. The zero-order valence-corrected chi connectivity index (χ0v) is 13.5. The molecular formula is C19H18N2O3. The number of aromatic amines is 1. The van der Waals surface area contributed by atoms with Gasteiger partial charge in [0.25, 0.3) is 5.91 Å². The molecule has 122 valence electrons. The molecule has 1 amide bonds. The molecule has 0 fully saturated rings. The number of fused-ring (bicyclic) bond motifs is 1. The van der Waals surface area contributed by atoms with Crippen LogP contribution in [0.5, 0.6) is 5.75 Å². The molecule has 0 saturated heterocycles. The Balaban J connectivity index is 1.86. The van der Waals surface area contributed by atoms with Crippen LogP contribution < -0.4 is 15.6 Å². The Labute approximate surface area is 139 Å². The number of hydrogen-bond acceptors (Lipinski definition) is 3. The topological polar surface area (TPSA) is 71.2 Å². The number of carbonyl (C=O) groups is 1. The molecule has 0 spiro atoms. The standard InChI is InChI=1S/C19H18N2O3/c1-12(2)24-14-9-7-13(8-10-14)20-19(23)16-11-18(22)21-17-6-4-3-5-15(16)17/h3-12H,1-2H3,(H,20,23)(H,21,22). The van der Waals surface area contributed by atoms with Gasteiger partial charge < -0.3 is 15.0 Å². The molecule has 0 unspecified atom stereocenters. The molecule has 0 bridgehead atoms. The smallest absolute Gasteiger partial charge is 0.256 e. The van der Waals surface area contributed by atoms with Crippen LogP contribution in [0.2, 0.25) is 0 Å². The van der Waals surface area contributed by atoms with Gasteiger partial charge in [0.05, 0.1) is 11.7 Å². The molecule has 2 N–H and O–H groups in total. The summed E-state index contributed by atoms with van der Waals surface area (Å²) in [6.07, 6.45) is 0.0906. The molecule has 3 aromatic rings.